The van der Waals surface area contributed by atoms with Crippen LogP contribution in [0.5, 0.6) is 17.2 Å². The van der Waals surface area contributed by atoms with Gasteiger partial charge in [-0.25, -0.2) is 4.39 Å². The van der Waals surface area contributed by atoms with Gasteiger partial charge in [-0.15, -0.1) is 0 Å². The lowest BCUT2D eigenvalue weighted by Crippen LogP contribution is -2.26. The molecular formula is C20H21ClFNO4. The first-order chi connectivity index (χ1) is 13.1. The van der Waals surface area contributed by atoms with Gasteiger partial charge in [0.15, 0.2) is 11.5 Å². The molecular weight excluding hydrogens is 373 g/mol. The van der Waals surface area contributed by atoms with Crippen LogP contribution in [0.2, 0.25) is 5.02 Å². The molecule has 0 saturated heterocycles. The number of fused-ring (bicyclic) bond motifs is 1. The van der Waals surface area contributed by atoms with Gasteiger partial charge in [0.2, 0.25) is 5.91 Å². The number of hydrogen-bond acceptors (Lipinski definition) is 4. The number of amides is 1. The Labute approximate surface area is 162 Å². The lowest BCUT2D eigenvalue weighted by Gasteiger charge is -2.20. The monoisotopic (exact) mass is 393 g/mol. The fraction of sp³-hybridized carbons (Fsp3) is 0.350. The van der Waals surface area contributed by atoms with E-state index in [1.165, 1.54) is 12.1 Å². The van der Waals surface area contributed by atoms with Crippen LogP contribution in [0.15, 0.2) is 36.4 Å². The van der Waals surface area contributed by atoms with Crippen LogP contribution in [0.4, 0.5) is 4.39 Å². The third kappa shape index (κ3) is 5.76. The molecule has 1 heterocycles. The zero-order valence-electron chi connectivity index (χ0n) is 14.8. The van der Waals surface area contributed by atoms with Crippen LogP contribution in [0.3, 0.4) is 0 Å². The Morgan fingerprint density at radius 2 is 1.93 bits per heavy atom. The lowest BCUT2D eigenvalue weighted by atomic mass is 10.1. The van der Waals surface area contributed by atoms with E-state index in [1.807, 2.05) is 0 Å². The Hall–Kier alpha value is -2.47. The van der Waals surface area contributed by atoms with Gasteiger partial charge >= 0.3 is 0 Å². The van der Waals surface area contributed by atoms with E-state index in [0.29, 0.717) is 48.6 Å². The van der Waals surface area contributed by atoms with Crippen molar-refractivity contribution in [2.24, 2.45) is 0 Å². The molecule has 27 heavy (non-hydrogen) atoms. The maximum Gasteiger partial charge on any atom is 0.224 e. The highest BCUT2D eigenvalue weighted by Crippen LogP contribution is 2.38. The fourth-order valence-corrected chi connectivity index (χ4v) is 2.98. The van der Waals surface area contributed by atoms with E-state index in [0.717, 1.165) is 18.4 Å². The van der Waals surface area contributed by atoms with Gasteiger partial charge in [-0.05, 0) is 54.8 Å². The molecule has 0 atom stereocenters. The molecule has 0 fully saturated rings. The zero-order chi connectivity index (χ0) is 19.1. The number of halogens is 2. The van der Waals surface area contributed by atoms with Crippen molar-refractivity contribution in [1.82, 2.24) is 5.32 Å². The quantitative estimate of drug-likeness (QED) is 0.694. The third-order valence-electron chi connectivity index (χ3n) is 4.00. The second-order valence-corrected chi connectivity index (χ2v) is 6.55. The summed E-state index contributed by atoms with van der Waals surface area (Å²) in [4.78, 5) is 12.1. The molecule has 3 rings (SSSR count). The molecule has 2 aromatic rings. The van der Waals surface area contributed by atoms with Crippen LogP contribution in [0, 0.1) is 5.82 Å². The predicted octanol–water partition coefficient (Wildman–Crippen LogP) is 3.77. The van der Waals surface area contributed by atoms with Crippen molar-refractivity contribution in [2.75, 3.05) is 26.4 Å². The minimum Gasteiger partial charge on any atom is -0.494 e. The van der Waals surface area contributed by atoms with E-state index in [2.05, 4.69) is 5.32 Å². The van der Waals surface area contributed by atoms with E-state index in [1.54, 1.807) is 24.3 Å². The van der Waals surface area contributed by atoms with Crippen LogP contribution < -0.4 is 19.5 Å². The van der Waals surface area contributed by atoms with E-state index in [9.17, 15) is 9.18 Å². The maximum atomic E-state index is 12.8. The molecule has 0 spiro atoms. The third-order valence-corrected chi connectivity index (χ3v) is 4.28. The van der Waals surface area contributed by atoms with E-state index in [4.69, 9.17) is 25.8 Å². The van der Waals surface area contributed by atoms with E-state index in [-0.39, 0.29) is 18.1 Å². The van der Waals surface area contributed by atoms with E-state index < -0.39 is 0 Å². The molecule has 1 aliphatic heterocycles. The first kappa shape index (κ1) is 19.3. The molecule has 0 aliphatic carbocycles. The molecule has 0 saturated carbocycles. The number of hydrogen-bond donors (Lipinski definition) is 1. The summed E-state index contributed by atoms with van der Waals surface area (Å²) in [7, 11) is 0. The maximum absolute atomic E-state index is 12.8. The summed E-state index contributed by atoms with van der Waals surface area (Å²) >= 11 is 6.18. The largest absolute Gasteiger partial charge is 0.494 e. The number of ether oxygens (including phenoxy) is 3. The van der Waals surface area contributed by atoms with Crippen molar-refractivity contribution in [3.63, 3.8) is 0 Å². The Morgan fingerprint density at radius 3 is 2.74 bits per heavy atom. The minimum absolute atomic E-state index is 0.0813. The van der Waals surface area contributed by atoms with Crippen LogP contribution in [-0.4, -0.2) is 32.3 Å². The smallest absolute Gasteiger partial charge is 0.224 e. The van der Waals surface area contributed by atoms with Gasteiger partial charge < -0.3 is 19.5 Å². The van der Waals surface area contributed by atoms with Crippen molar-refractivity contribution >= 4 is 17.5 Å². The van der Waals surface area contributed by atoms with Gasteiger partial charge in [-0.2, -0.15) is 0 Å². The van der Waals surface area contributed by atoms with Crippen molar-refractivity contribution in [1.29, 1.82) is 0 Å². The SMILES string of the molecule is O=C(Cc1cc(Cl)c2c(c1)OCCO2)NCCCCOc1ccc(F)cc1. The van der Waals surface area contributed by atoms with Crippen LogP contribution in [0.25, 0.3) is 0 Å². The molecule has 5 nitrogen and oxygen atoms in total. The number of nitrogens with one attached hydrogen (secondary N) is 1. The molecule has 144 valence electrons. The number of benzene rings is 2. The van der Waals surface area contributed by atoms with Gasteiger partial charge in [-0.1, -0.05) is 11.6 Å². The normalized spacial score (nSPS) is 12.5. The molecule has 1 amide bonds. The standard InChI is InChI=1S/C20H21ClFNO4/c21-17-11-14(12-18-20(17)27-10-9-26-18)13-19(24)23-7-1-2-8-25-16-5-3-15(22)4-6-16/h3-6,11-12H,1-2,7-10,13H2,(H,23,24). The van der Waals surface area contributed by atoms with Gasteiger partial charge in [-0.3, -0.25) is 4.79 Å². The summed E-state index contributed by atoms with van der Waals surface area (Å²) in [5.74, 6) is 1.38. The van der Waals surface area contributed by atoms with Crippen LogP contribution in [-0.2, 0) is 11.2 Å². The van der Waals surface area contributed by atoms with Crippen molar-refractivity contribution in [3.05, 3.63) is 52.8 Å². The number of unbranched alkanes of at least 4 members (excludes halogenated alkanes) is 1. The summed E-state index contributed by atoms with van der Waals surface area (Å²) in [6.07, 6.45) is 1.80. The van der Waals surface area contributed by atoms with Gasteiger partial charge in [0.1, 0.15) is 24.8 Å². The molecule has 0 bridgehead atoms. The molecule has 0 radical (unpaired) electrons. The Kier molecular flexibility index (Phi) is 6.76. The summed E-state index contributed by atoms with van der Waals surface area (Å²) in [6, 6.07) is 9.42. The van der Waals surface area contributed by atoms with E-state index >= 15 is 0 Å². The molecule has 7 heteroatoms. The lowest BCUT2D eigenvalue weighted by molar-refractivity contribution is -0.120. The summed E-state index contributed by atoms with van der Waals surface area (Å²) in [6.45, 7) is 2.01. The summed E-state index contributed by atoms with van der Waals surface area (Å²) < 4.78 is 29.3. The second kappa shape index (κ2) is 9.46. The van der Waals surface area contributed by atoms with Crippen LogP contribution >= 0.6 is 11.6 Å². The average Bonchev–Trinajstić information content (AvgIpc) is 2.66. The second-order valence-electron chi connectivity index (χ2n) is 6.14. The van der Waals surface area contributed by atoms with Gasteiger partial charge in [0.05, 0.1) is 18.1 Å². The van der Waals surface area contributed by atoms with Crippen molar-refractivity contribution in [3.8, 4) is 17.2 Å². The topological polar surface area (TPSA) is 56.8 Å². The highest BCUT2D eigenvalue weighted by atomic mass is 35.5. The number of rotatable bonds is 8. The molecule has 0 unspecified atom stereocenters. The van der Waals surface area contributed by atoms with Gasteiger partial charge in [0, 0.05) is 6.54 Å². The summed E-state index contributed by atoms with van der Waals surface area (Å²) in [5, 5.41) is 3.33. The Balaban J connectivity index is 1.35. The first-order valence-corrected chi connectivity index (χ1v) is 9.23. The summed E-state index contributed by atoms with van der Waals surface area (Å²) in [5.41, 5.74) is 0.779. The first-order valence-electron chi connectivity index (χ1n) is 8.85. The molecule has 1 aliphatic rings. The van der Waals surface area contributed by atoms with Crippen molar-refractivity contribution in [2.45, 2.75) is 19.3 Å². The molecule has 0 aromatic heterocycles. The number of carbonyl (C=O) groups is 1. The highest BCUT2D eigenvalue weighted by molar-refractivity contribution is 6.32. The fourth-order valence-electron chi connectivity index (χ4n) is 2.69. The predicted molar refractivity (Wildman–Crippen MR) is 100 cm³/mol. The Morgan fingerprint density at radius 1 is 1.15 bits per heavy atom. The Bertz CT molecular complexity index is 782. The zero-order valence-corrected chi connectivity index (χ0v) is 15.6. The van der Waals surface area contributed by atoms with Crippen LogP contribution in [0.1, 0.15) is 18.4 Å². The minimum atomic E-state index is -0.288. The van der Waals surface area contributed by atoms with Gasteiger partial charge in [0.25, 0.3) is 0 Å². The average molecular weight is 394 g/mol. The molecule has 2 aromatic carbocycles. The number of carbonyl (C=O) groups excluding carboxylic acids is 1. The molecule has 1 N–H and O–H groups in total. The highest BCUT2D eigenvalue weighted by Gasteiger charge is 2.17. The van der Waals surface area contributed by atoms with Crippen molar-refractivity contribution < 1.29 is 23.4 Å².